The largest absolute Gasteiger partial charge is 0.493 e. The van der Waals surface area contributed by atoms with Crippen molar-refractivity contribution in [3.05, 3.63) is 52.0 Å². The smallest absolute Gasteiger partial charge is 0.162 e. The van der Waals surface area contributed by atoms with Gasteiger partial charge in [0.25, 0.3) is 0 Å². The van der Waals surface area contributed by atoms with Crippen LogP contribution in [0.25, 0.3) is 0 Å². The molecule has 0 aliphatic heterocycles. The molecule has 0 saturated heterocycles. The monoisotopic (exact) mass is 371 g/mol. The third kappa shape index (κ3) is 4.89. The van der Waals surface area contributed by atoms with E-state index in [0.717, 1.165) is 0 Å². The summed E-state index contributed by atoms with van der Waals surface area (Å²) in [7, 11) is 1.56. The fourth-order valence-corrected chi connectivity index (χ4v) is 2.43. The van der Waals surface area contributed by atoms with Gasteiger partial charge >= 0.3 is 0 Å². The zero-order chi connectivity index (χ0) is 16.8. The Hall–Kier alpha value is -1.69. The Balaban J connectivity index is 1.95. The van der Waals surface area contributed by atoms with Crippen molar-refractivity contribution in [3.8, 4) is 17.2 Å². The summed E-state index contributed by atoms with van der Waals surface area (Å²) < 4.78 is 16.5. The number of thiocarbonyl (C=S) groups is 1. The van der Waals surface area contributed by atoms with Crippen LogP contribution >= 0.6 is 35.4 Å². The van der Waals surface area contributed by atoms with Crippen LogP contribution in [0.15, 0.2) is 36.4 Å². The van der Waals surface area contributed by atoms with Crippen molar-refractivity contribution in [3.63, 3.8) is 0 Å². The van der Waals surface area contributed by atoms with Crippen molar-refractivity contribution in [2.24, 2.45) is 5.73 Å². The highest BCUT2D eigenvalue weighted by molar-refractivity contribution is 7.80. The van der Waals surface area contributed by atoms with Crippen LogP contribution in [-0.4, -0.2) is 25.3 Å². The van der Waals surface area contributed by atoms with E-state index in [1.807, 2.05) is 0 Å². The predicted molar refractivity (Wildman–Crippen MR) is 96.3 cm³/mol. The van der Waals surface area contributed by atoms with Gasteiger partial charge in [-0.1, -0.05) is 35.4 Å². The van der Waals surface area contributed by atoms with Crippen molar-refractivity contribution in [1.29, 1.82) is 0 Å². The summed E-state index contributed by atoms with van der Waals surface area (Å²) in [5.74, 6) is 1.68. The number of ether oxygens (including phenoxy) is 3. The second kappa shape index (κ2) is 8.24. The highest BCUT2D eigenvalue weighted by Crippen LogP contribution is 2.29. The van der Waals surface area contributed by atoms with E-state index in [-0.39, 0.29) is 0 Å². The molecular weight excluding hydrogens is 357 g/mol. The maximum absolute atomic E-state index is 6.03. The van der Waals surface area contributed by atoms with Crippen LogP contribution in [0.1, 0.15) is 5.56 Å². The molecule has 2 aromatic rings. The quantitative estimate of drug-likeness (QED) is 0.586. The molecule has 0 heterocycles. The van der Waals surface area contributed by atoms with Crippen LogP contribution < -0.4 is 19.9 Å². The third-order valence-electron chi connectivity index (χ3n) is 2.94. The molecule has 122 valence electrons. The lowest BCUT2D eigenvalue weighted by Gasteiger charge is -2.13. The van der Waals surface area contributed by atoms with Gasteiger partial charge in [-0.2, -0.15) is 0 Å². The van der Waals surface area contributed by atoms with E-state index in [9.17, 15) is 0 Å². The lowest BCUT2D eigenvalue weighted by molar-refractivity contribution is 0.211. The molecule has 2 rings (SSSR count). The zero-order valence-electron chi connectivity index (χ0n) is 12.3. The van der Waals surface area contributed by atoms with Crippen LogP contribution in [0.4, 0.5) is 0 Å². The SMILES string of the molecule is COc1ccc(C(N)=S)cc1OCCOc1ccc(Cl)cc1Cl. The second-order valence-electron chi connectivity index (χ2n) is 4.50. The molecule has 0 bridgehead atoms. The van der Waals surface area contributed by atoms with E-state index in [2.05, 4.69) is 0 Å². The summed E-state index contributed by atoms with van der Waals surface area (Å²) in [5, 5.41) is 1.00. The summed E-state index contributed by atoms with van der Waals surface area (Å²) in [5.41, 5.74) is 6.32. The number of methoxy groups -OCH3 is 1. The summed E-state index contributed by atoms with van der Waals surface area (Å²) >= 11 is 16.8. The summed E-state index contributed by atoms with van der Waals surface area (Å²) in [6, 6.07) is 10.3. The number of benzene rings is 2. The first kappa shape index (κ1) is 17.7. The number of halogens is 2. The Bertz CT molecular complexity index is 710. The van der Waals surface area contributed by atoms with E-state index in [1.54, 1.807) is 43.5 Å². The van der Waals surface area contributed by atoms with Gasteiger partial charge in [-0.05, 0) is 36.4 Å². The first-order valence-corrected chi connectivity index (χ1v) is 7.86. The molecule has 23 heavy (non-hydrogen) atoms. The number of rotatable bonds is 7. The van der Waals surface area contributed by atoms with Crippen molar-refractivity contribution in [2.75, 3.05) is 20.3 Å². The minimum atomic E-state index is 0.293. The first-order valence-electron chi connectivity index (χ1n) is 6.69. The Morgan fingerprint density at radius 3 is 2.26 bits per heavy atom. The van der Waals surface area contributed by atoms with Crippen LogP contribution in [-0.2, 0) is 0 Å². The molecular formula is C16H15Cl2NO3S. The standard InChI is InChI=1S/C16H15Cl2NO3S/c1-20-14-4-2-10(16(19)23)8-15(14)22-7-6-21-13-5-3-11(17)9-12(13)18/h2-5,8-9H,6-7H2,1H3,(H2,19,23). The van der Waals surface area contributed by atoms with Crippen molar-refractivity contribution < 1.29 is 14.2 Å². The molecule has 2 aromatic carbocycles. The molecule has 0 saturated carbocycles. The van der Waals surface area contributed by atoms with Crippen LogP contribution in [0.3, 0.4) is 0 Å². The maximum atomic E-state index is 6.03. The number of hydrogen-bond donors (Lipinski definition) is 1. The van der Waals surface area contributed by atoms with Crippen LogP contribution in [0.5, 0.6) is 17.2 Å². The normalized spacial score (nSPS) is 10.2. The molecule has 4 nitrogen and oxygen atoms in total. The second-order valence-corrected chi connectivity index (χ2v) is 5.79. The highest BCUT2D eigenvalue weighted by Gasteiger charge is 2.08. The number of hydrogen-bond acceptors (Lipinski definition) is 4. The van der Waals surface area contributed by atoms with E-state index >= 15 is 0 Å². The molecule has 0 aromatic heterocycles. The molecule has 2 N–H and O–H groups in total. The van der Waals surface area contributed by atoms with Gasteiger partial charge in [0.1, 0.15) is 24.0 Å². The zero-order valence-corrected chi connectivity index (χ0v) is 14.7. The van der Waals surface area contributed by atoms with E-state index in [1.165, 1.54) is 0 Å². The molecule has 0 atom stereocenters. The van der Waals surface area contributed by atoms with E-state index in [4.69, 9.17) is 55.4 Å². The third-order valence-corrected chi connectivity index (χ3v) is 3.71. The molecule has 0 aliphatic rings. The van der Waals surface area contributed by atoms with Gasteiger partial charge in [-0.15, -0.1) is 0 Å². The molecule has 0 amide bonds. The fourth-order valence-electron chi connectivity index (χ4n) is 1.84. The summed E-state index contributed by atoms with van der Waals surface area (Å²) in [6.45, 7) is 0.609. The van der Waals surface area contributed by atoms with Crippen LogP contribution in [0.2, 0.25) is 10.0 Å². The van der Waals surface area contributed by atoms with E-state index < -0.39 is 0 Å². The molecule has 7 heteroatoms. The van der Waals surface area contributed by atoms with E-state index in [0.29, 0.717) is 51.1 Å². The fraction of sp³-hybridized carbons (Fsp3) is 0.188. The number of nitrogens with two attached hydrogens (primary N) is 1. The Morgan fingerprint density at radius 2 is 1.65 bits per heavy atom. The van der Waals surface area contributed by atoms with Crippen molar-refractivity contribution in [2.45, 2.75) is 0 Å². The van der Waals surface area contributed by atoms with Gasteiger partial charge < -0.3 is 19.9 Å². The lowest BCUT2D eigenvalue weighted by Crippen LogP contribution is -2.12. The van der Waals surface area contributed by atoms with Gasteiger partial charge in [0.2, 0.25) is 0 Å². The molecule has 0 spiro atoms. The summed E-state index contributed by atoms with van der Waals surface area (Å²) in [4.78, 5) is 0.293. The average molecular weight is 372 g/mol. The molecule has 0 radical (unpaired) electrons. The average Bonchev–Trinajstić information content (AvgIpc) is 2.52. The Labute approximate surface area is 150 Å². The minimum Gasteiger partial charge on any atom is -0.493 e. The van der Waals surface area contributed by atoms with Gasteiger partial charge in [-0.3, -0.25) is 0 Å². The summed E-state index contributed by atoms with van der Waals surface area (Å²) in [6.07, 6.45) is 0. The molecule has 0 fully saturated rings. The lowest BCUT2D eigenvalue weighted by atomic mass is 10.2. The Morgan fingerprint density at radius 1 is 1.00 bits per heavy atom. The molecule has 0 unspecified atom stereocenters. The van der Waals surface area contributed by atoms with Gasteiger partial charge in [-0.25, -0.2) is 0 Å². The molecule has 0 aliphatic carbocycles. The van der Waals surface area contributed by atoms with Crippen LogP contribution in [0, 0.1) is 0 Å². The topological polar surface area (TPSA) is 53.7 Å². The van der Waals surface area contributed by atoms with Gasteiger partial charge in [0, 0.05) is 10.6 Å². The minimum absolute atomic E-state index is 0.293. The Kier molecular flexibility index (Phi) is 6.33. The van der Waals surface area contributed by atoms with Crippen molar-refractivity contribution >= 4 is 40.4 Å². The van der Waals surface area contributed by atoms with Gasteiger partial charge in [0.15, 0.2) is 11.5 Å². The van der Waals surface area contributed by atoms with Gasteiger partial charge in [0.05, 0.1) is 12.1 Å². The van der Waals surface area contributed by atoms with Crippen molar-refractivity contribution in [1.82, 2.24) is 0 Å². The maximum Gasteiger partial charge on any atom is 0.162 e. The predicted octanol–water partition coefficient (Wildman–Crippen LogP) is 4.09. The first-order chi connectivity index (χ1) is 11.0. The highest BCUT2D eigenvalue weighted by atomic mass is 35.5.